The number of carbonyl (C=O) groups excluding carboxylic acids is 2. The maximum absolute atomic E-state index is 12.5. The van der Waals surface area contributed by atoms with Gasteiger partial charge in [0, 0.05) is 49.3 Å². The van der Waals surface area contributed by atoms with E-state index in [2.05, 4.69) is 79.6 Å². The normalized spacial score (nSPS) is 31.3. The van der Waals surface area contributed by atoms with E-state index in [1.165, 1.54) is 77.3 Å². The summed E-state index contributed by atoms with van der Waals surface area (Å²) >= 11 is 0. The molecule has 4 amide bonds. The van der Waals surface area contributed by atoms with Crippen LogP contribution >= 0.6 is 0 Å². The van der Waals surface area contributed by atoms with Crippen molar-refractivity contribution < 1.29 is 9.59 Å². The minimum Gasteiger partial charge on any atom is -0.338 e. The van der Waals surface area contributed by atoms with Crippen LogP contribution in [-0.4, -0.2) is 60.1 Å². The van der Waals surface area contributed by atoms with Crippen LogP contribution in [0.25, 0.3) is 0 Å². The highest BCUT2D eigenvalue weighted by molar-refractivity contribution is 5.74. The van der Waals surface area contributed by atoms with Gasteiger partial charge in [-0.15, -0.1) is 0 Å². The van der Waals surface area contributed by atoms with Crippen molar-refractivity contribution in [2.75, 3.05) is 26.2 Å². The van der Waals surface area contributed by atoms with Crippen LogP contribution in [0.5, 0.6) is 0 Å². The average molecular weight is 681 g/mol. The van der Waals surface area contributed by atoms with Gasteiger partial charge in [-0.05, 0) is 150 Å². The molecule has 2 saturated carbocycles. The molecule has 6 aliphatic rings. The van der Waals surface area contributed by atoms with Gasteiger partial charge in [0.05, 0.1) is 0 Å². The Balaban J connectivity index is 0.628. The topological polar surface area (TPSA) is 88.7 Å². The third kappa shape index (κ3) is 7.43. The second-order valence-corrected chi connectivity index (χ2v) is 16.5. The second kappa shape index (κ2) is 15.6. The molecule has 270 valence electrons. The third-order valence-corrected chi connectivity index (χ3v) is 13.6. The molecule has 8 heteroatoms. The average Bonchev–Trinajstić information content (AvgIpc) is 3.91. The van der Waals surface area contributed by atoms with E-state index < -0.39 is 0 Å². The SMILES string of the molecule is O=C(NCCCCNC(=O)NC1CCC(CCN2C3CCC2c2ccccc23)CC1)NC1CCC(CCN2C3CCC2c2ccccc23)CC1. The van der Waals surface area contributed by atoms with E-state index >= 15 is 0 Å². The summed E-state index contributed by atoms with van der Waals surface area (Å²) in [5.41, 5.74) is 6.31. The second-order valence-electron chi connectivity index (χ2n) is 16.5. The molecule has 4 aliphatic heterocycles. The van der Waals surface area contributed by atoms with Crippen molar-refractivity contribution >= 4 is 12.1 Å². The molecule has 50 heavy (non-hydrogen) atoms. The number of unbranched alkanes of at least 4 members (excludes halogenated alkanes) is 1. The molecule has 4 heterocycles. The van der Waals surface area contributed by atoms with Gasteiger partial charge in [-0.25, -0.2) is 9.59 Å². The van der Waals surface area contributed by atoms with Gasteiger partial charge in [-0.3, -0.25) is 9.80 Å². The Morgan fingerprint density at radius 1 is 0.500 bits per heavy atom. The number of hydrogen-bond acceptors (Lipinski definition) is 4. The lowest BCUT2D eigenvalue weighted by atomic mass is 9.84. The minimum absolute atomic E-state index is 0.0426. The molecule has 8 rings (SSSR count). The molecular weight excluding hydrogens is 621 g/mol. The third-order valence-electron chi connectivity index (χ3n) is 13.6. The largest absolute Gasteiger partial charge is 0.338 e. The highest BCUT2D eigenvalue weighted by Gasteiger charge is 2.44. The number of nitrogens with zero attached hydrogens (tertiary/aromatic N) is 2. The predicted molar refractivity (Wildman–Crippen MR) is 199 cm³/mol. The highest BCUT2D eigenvalue weighted by Crippen LogP contribution is 2.54. The molecule has 4 unspecified atom stereocenters. The maximum atomic E-state index is 12.5. The number of urea groups is 2. The molecule has 4 bridgehead atoms. The lowest BCUT2D eigenvalue weighted by Crippen LogP contribution is -2.44. The fourth-order valence-electron chi connectivity index (χ4n) is 10.9. The van der Waals surface area contributed by atoms with E-state index in [4.69, 9.17) is 0 Å². The fraction of sp³-hybridized carbons (Fsp3) is 0.667. The first-order valence-electron chi connectivity index (χ1n) is 20.4. The zero-order valence-electron chi connectivity index (χ0n) is 30.1. The zero-order valence-corrected chi connectivity index (χ0v) is 30.1. The number of nitrogens with one attached hydrogen (secondary N) is 4. The van der Waals surface area contributed by atoms with Crippen LogP contribution in [0.3, 0.4) is 0 Å². The van der Waals surface area contributed by atoms with Crippen molar-refractivity contribution in [1.82, 2.24) is 31.1 Å². The lowest BCUT2D eigenvalue weighted by molar-refractivity contribution is 0.185. The summed E-state index contributed by atoms with van der Waals surface area (Å²) in [6.07, 6.45) is 18.7. The van der Waals surface area contributed by atoms with E-state index in [0.717, 1.165) is 50.4 Å². The molecule has 2 aromatic carbocycles. The number of rotatable bonds is 13. The van der Waals surface area contributed by atoms with E-state index in [1.54, 1.807) is 22.3 Å². The quantitative estimate of drug-likeness (QED) is 0.161. The fourth-order valence-corrected chi connectivity index (χ4v) is 10.9. The van der Waals surface area contributed by atoms with Crippen molar-refractivity contribution in [3.63, 3.8) is 0 Å². The molecule has 0 radical (unpaired) electrons. The van der Waals surface area contributed by atoms with Crippen LogP contribution in [0.15, 0.2) is 48.5 Å². The summed E-state index contributed by atoms with van der Waals surface area (Å²) in [4.78, 5) is 30.6. The summed E-state index contributed by atoms with van der Waals surface area (Å²) in [7, 11) is 0. The monoisotopic (exact) mass is 680 g/mol. The number of carbonyl (C=O) groups is 2. The molecule has 4 fully saturated rings. The first-order valence-corrected chi connectivity index (χ1v) is 20.4. The molecule has 0 spiro atoms. The van der Waals surface area contributed by atoms with Crippen LogP contribution in [0, 0.1) is 11.8 Å². The van der Waals surface area contributed by atoms with Crippen LogP contribution in [0.1, 0.15) is 149 Å². The summed E-state index contributed by atoms with van der Waals surface area (Å²) in [5.74, 6) is 1.55. The Kier molecular flexibility index (Phi) is 10.6. The summed E-state index contributed by atoms with van der Waals surface area (Å²) in [5, 5.41) is 12.5. The maximum Gasteiger partial charge on any atom is 0.315 e. The van der Waals surface area contributed by atoms with E-state index in [1.807, 2.05) is 0 Å². The van der Waals surface area contributed by atoms with Crippen molar-refractivity contribution in [1.29, 1.82) is 0 Å². The van der Waals surface area contributed by atoms with Gasteiger partial charge in [0.2, 0.25) is 0 Å². The highest BCUT2D eigenvalue weighted by atomic mass is 16.2. The number of hydrogen-bond donors (Lipinski definition) is 4. The molecule has 2 aliphatic carbocycles. The van der Waals surface area contributed by atoms with Gasteiger partial charge in [-0.1, -0.05) is 48.5 Å². The Bertz CT molecular complexity index is 1290. The van der Waals surface area contributed by atoms with Crippen LogP contribution < -0.4 is 21.3 Å². The molecule has 4 atom stereocenters. The van der Waals surface area contributed by atoms with Crippen LogP contribution in [0.2, 0.25) is 0 Å². The van der Waals surface area contributed by atoms with Crippen LogP contribution in [-0.2, 0) is 0 Å². The standard InChI is InChI=1S/C42H60N6O2/c49-41(45-31-15-11-29(12-16-31)23-27-47-37-19-20-38(47)34-8-2-1-7-33(34)37)43-25-5-6-26-44-42(50)46-32-17-13-30(14-18-32)24-28-48-39-21-22-40(48)36-10-4-3-9-35(36)39/h1-4,7-10,29-32,37-40H,5-6,11-28H2,(H2,43,45,49)(H2,44,46,50). The lowest BCUT2D eigenvalue weighted by Gasteiger charge is -2.31. The predicted octanol–water partition coefficient (Wildman–Crippen LogP) is 8.05. The smallest absolute Gasteiger partial charge is 0.315 e. The van der Waals surface area contributed by atoms with Gasteiger partial charge in [0.15, 0.2) is 0 Å². The van der Waals surface area contributed by atoms with E-state index in [0.29, 0.717) is 37.3 Å². The Labute approximate surface area is 299 Å². The van der Waals surface area contributed by atoms with Gasteiger partial charge in [-0.2, -0.15) is 0 Å². The first-order chi connectivity index (χ1) is 24.6. The van der Waals surface area contributed by atoms with Crippen molar-refractivity contribution in [2.24, 2.45) is 11.8 Å². The van der Waals surface area contributed by atoms with Gasteiger partial charge in [0.25, 0.3) is 0 Å². The number of benzene rings is 2. The van der Waals surface area contributed by atoms with Crippen LogP contribution in [0.4, 0.5) is 9.59 Å². The molecule has 8 nitrogen and oxygen atoms in total. The Hall–Kier alpha value is -3.10. The summed E-state index contributed by atoms with van der Waals surface area (Å²) < 4.78 is 0. The number of fused-ring (bicyclic) bond motifs is 10. The van der Waals surface area contributed by atoms with Gasteiger partial charge >= 0.3 is 12.1 Å². The van der Waals surface area contributed by atoms with E-state index in [-0.39, 0.29) is 24.1 Å². The minimum atomic E-state index is -0.0426. The summed E-state index contributed by atoms with van der Waals surface area (Å²) in [6, 6.07) is 21.2. The number of amides is 4. The Morgan fingerprint density at radius 3 is 1.18 bits per heavy atom. The molecule has 0 aromatic heterocycles. The molecule has 2 saturated heterocycles. The summed E-state index contributed by atoms with van der Waals surface area (Å²) in [6.45, 7) is 3.70. The van der Waals surface area contributed by atoms with Crippen molar-refractivity contribution in [2.45, 2.75) is 139 Å². The van der Waals surface area contributed by atoms with Gasteiger partial charge < -0.3 is 21.3 Å². The first kappa shape index (κ1) is 34.0. The Morgan fingerprint density at radius 2 is 0.840 bits per heavy atom. The molecule has 2 aromatic rings. The van der Waals surface area contributed by atoms with E-state index in [9.17, 15) is 9.59 Å². The molecule has 4 N–H and O–H groups in total. The van der Waals surface area contributed by atoms with Gasteiger partial charge in [0.1, 0.15) is 0 Å². The molecular formula is C42H60N6O2. The zero-order chi connectivity index (χ0) is 33.9. The van der Waals surface area contributed by atoms with Crippen molar-refractivity contribution in [3.8, 4) is 0 Å². The van der Waals surface area contributed by atoms with Crippen molar-refractivity contribution in [3.05, 3.63) is 70.8 Å².